The van der Waals surface area contributed by atoms with Gasteiger partial charge in [0.05, 0.1) is 0 Å². The Kier molecular flexibility index (Phi) is 4.02. The van der Waals surface area contributed by atoms with Gasteiger partial charge >= 0.3 is 0 Å². The van der Waals surface area contributed by atoms with Gasteiger partial charge in [-0.25, -0.2) is 0 Å². The lowest BCUT2D eigenvalue weighted by atomic mass is 10.0. The van der Waals surface area contributed by atoms with Crippen molar-refractivity contribution in [1.82, 2.24) is 5.32 Å². The lowest BCUT2D eigenvalue weighted by molar-refractivity contribution is 0.415. The van der Waals surface area contributed by atoms with Gasteiger partial charge in [0.2, 0.25) is 0 Å². The van der Waals surface area contributed by atoms with E-state index in [0.717, 1.165) is 17.6 Å². The first-order valence-corrected chi connectivity index (χ1v) is 7.46. The fourth-order valence-electron chi connectivity index (χ4n) is 2.68. The van der Waals surface area contributed by atoms with Gasteiger partial charge in [-0.15, -0.1) is 0 Å². The molecule has 18 heavy (non-hydrogen) atoms. The van der Waals surface area contributed by atoms with Crippen LogP contribution in [0.25, 0.3) is 0 Å². The first kappa shape index (κ1) is 13.9. The molecular formula is C15H23BrN2. The van der Waals surface area contributed by atoms with E-state index in [1.807, 2.05) is 0 Å². The maximum atomic E-state index is 3.63. The number of rotatable bonds is 1. The molecule has 0 aromatic heterocycles. The number of halogens is 1. The van der Waals surface area contributed by atoms with Crippen LogP contribution in [0, 0.1) is 6.92 Å². The highest BCUT2D eigenvalue weighted by atomic mass is 79.9. The normalized spacial score (nSPS) is 23.8. The molecule has 1 N–H and O–H groups in total. The van der Waals surface area contributed by atoms with Crippen LogP contribution in [-0.4, -0.2) is 24.7 Å². The van der Waals surface area contributed by atoms with Crippen LogP contribution in [0.4, 0.5) is 5.69 Å². The third-order valence-corrected chi connectivity index (χ3v) is 4.22. The van der Waals surface area contributed by atoms with E-state index in [1.165, 1.54) is 17.7 Å². The average Bonchev–Trinajstić information content (AvgIpc) is 2.38. The number of benzene rings is 1. The first-order valence-electron chi connectivity index (χ1n) is 6.67. The van der Waals surface area contributed by atoms with Gasteiger partial charge in [-0.3, -0.25) is 0 Å². The monoisotopic (exact) mass is 310 g/mol. The Hall–Kier alpha value is -0.540. The Labute approximate surface area is 119 Å². The van der Waals surface area contributed by atoms with Crippen molar-refractivity contribution in [3.63, 3.8) is 0 Å². The molecule has 1 saturated heterocycles. The molecule has 1 aromatic carbocycles. The SMILES string of the molecule is Cc1cc(Br)ccc1N1CC(C)(C)NCCC1C. The number of anilines is 1. The van der Waals surface area contributed by atoms with E-state index in [2.05, 4.69) is 72.0 Å². The van der Waals surface area contributed by atoms with Crippen molar-refractivity contribution >= 4 is 21.6 Å². The van der Waals surface area contributed by atoms with Crippen LogP contribution in [0.1, 0.15) is 32.8 Å². The van der Waals surface area contributed by atoms with Gasteiger partial charge in [0.1, 0.15) is 0 Å². The highest BCUT2D eigenvalue weighted by Gasteiger charge is 2.28. The van der Waals surface area contributed by atoms with Gasteiger partial charge in [0.25, 0.3) is 0 Å². The van der Waals surface area contributed by atoms with Crippen LogP contribution in [-0.2, 0) is 0 Å². The molecule has 3 heteroatoms. The summed E-state index contributed by atoms with van der Waals surface area (Å²) >= 11 is 3.54. The van der Waals surface area contributed by atoms with E-state index >= 15 is 0 Å². The average molecular weight is 311 g/mol. The highest BCUT2D eigenvalue weighted by molar-refractivity contribution is 9.10. The molecule has 0 saturated carbocycles. The number of nitrogens with one attached hydrogen (secondary N) is 1. The number of nitrogens with zero attached hydrogens (tertiary/aromatic N) is 1. The van der Waals surface area contributed by atoms with E-state index in [9.17, 15) is 0 Å². The summed E-state index contributed by atoms with van der Waals surface area (Å²) in [5.41, 5.74) is 2.88. The fourth-order valence-corrected chi connectivity index (χ4v) is 3.15. The van der Waals surface area contributed by atoms with E-state index in [1.54, 1.807) is 0 Å². The summed E-state index contributed by atoms with van der Waals surface area (Å²) in [6.07, 6.45) is 1.19. The second-order valence-corrected chi connectivity index (χ2v) is 6.92. The minimum absolute atomic E-state index is 0.171. The van der Waals surface area contributed by atoms with Crippen LogP contribution in [0.2, 0.25) is 0 Å². The van der Waals surface area contributed by atoms with Crippen molar-refractivity contribution in [2.45, 2.75) is 45.7 Å². The molecular weight excluding hydrogens is 288 g/mol. The van der Waals surface area contributed by atoms with Crippen LogP contribution < -0.4 is 10.2 Å². The van der Waals surface area contributed by atoms with Crippen molar-refractivity contribution < 1.29 is 0 Å². The molecule has 0 bridgehead atoms. The van der Waals surface area contributed by atoms with E-state index in [0.29, 0.717) is 6.04 Å². The van der Waals surface area contributed by atoms with E-state index < -0.39 is 0 Å². The van der Waals surface area contributed by atoms with Crippen LogP contribution in [0.5, 0.6) is 0 Å². The predicted octanol–water partition coefficient (Wildman–Crippen LogP) is 3.72. The zero-order valence-electron chi connectivity index (χ0n) is 11.8. The van der Waals surface area contributed by atoms with Gasteiger partial charge < -0.3 is 10.2 Å². The molecule has 1 aliphatic rings. The van der Waals surface area contributed by atoms with Crippen molar-refractivity contribution in [1.29, 1.82) is 0 Å². The van der Waals surface area contributed by atoms with E-state index in [-0.39, 0.29) is 5.54 Å². The minimum Gasteiger partial charge on any atom is -0.367 e. The van der Waals surface area contributed by atoms with Gasteiger partial charge in [-0.2, -0.15) is 0 Å². The Morgan fingerprint density at radius 1 is 1.39 bits per heavy atom. The smallest absolute Gasteiger partial charge is 0.0399 e. The zero-order chi connectivity index (χ0) is 13.3. The van der Waals surface area contributed by atoms with Crippen molar-refractivity contribution in [2.75, 3.05) is 18.0 Å². The minimum atomic E-state index is 0.171. The van der Waals surface area contributed by atoms with Crippen LogP contribution in [0.3, 0.4) is 0 Å². The molecule has 0 spiro atoms. The summed E-state index contributed by atoms with van der Waals surface area (Å²) in [6, 6.07) is 7.16. The molecule has 2 rings (SSSR count). The standard InChI is InChI=1S/C15H23BrN2/c1-11-9-13(16)5-6-14(11)18-10-15(3,4)17-8-7-12(18)2/h5-6,9,12,17H,7-8,10H2,1-4H3. The zero-order valence-corrected chi connectivity index (χ0v) is 13.3. The van der Waals surface area contributed by atoms with Gasteiger partial charge in [0, 0.05) is 28.3 Å². The van der Waals surface area contributed by atoms with Gasteiger partial charge in [-0.1, -0.05) is 15.9 Å². The summed E-state index contributed by atoms with van der Waals surface area (Å²) in [4.78, 5) is 2.54. The Bertz CT molecular complexity index is 429. The Morgan fingerprint density at radius 3 is 2.78 bits per heavy atom. The number of hydrogen-bond donors (Lipinski definition) is 1. The Balaban J connectivity index is 2.33. The van der Waals surface area contributed by atoms with Crippen LogP contribution in [0.15, 0.2) is 22.7 Å². The summed E-state index contributed by atoms with van der Waals surface area (Å²) in [6.45, 7) is 11.2. The summed E-state index contributed by atoms with van der Waals surface area (Å²) < 4.78 is 1.16. The molecule has 0 radical (unpaired) electrons. The molecule has 2 nitrogen and oxygen atoms in total. The third-order valence-electron chi connectivity index (χ3n) is 3.73. The quantitative estimate of drug-likeness (QED) is 0.850. The second kappa shape index (κ2) is 5.22. The lowest BCUT2D eigenvalue weighted by Crippen LogP contribution is -2.47. The first-order chi connectivity index (χ1) is 8.39. The summed E-state index contributed by atoms with van der Waals surface area (Å²) in [5, 5.41) is 3.63. The lowest BCUT2D eigenvalue weighted by Gasteiger charge is -2.35. The van der Waals surface area contributed by atoms with Crippen molar-refractivity contribution in [3.05, 3.63) is 28.2 Å². The van der Waals surface area contributed by atoms with E-state index in [4.69, 9.17) is 0 Å². The third kappa shape index (κ3) is 3.07. The molecule has 1 fully saturated rings. The number of hydrogen-bond acceptors (Lipinski definition) is 2. The van der Waals surface area contributed by atoms with Gasteiger partial charge in [0.15, 0.2) is 0 Å². The summed E-state index contributed by atoms with van der Waals surface area (Å²) in [7, 11) is 0. The molecule has 1 aromatic rings. The predicted molar refractivity (Wildman–Crippen MR) is 82.4 cm³/mol. The topological polar surface area (TPSA) is 15.3 Å². The molecule has 100 valence electrons. The second-order valence-electron chi connectivity index (χ2n) is 6.01. The fraction of sp³-hybridized carbons (Fsp3) is 0.600. The molecule has 0 amide bonds. The van der Waals surface area contributed by atoms with Crippen LogP contribution >= 0.6 is 15.9 Å². The molecule has 1 aliphatic heterocycles. The van der Waals surface area contributed by atoms with Gasteiger partial charge in [-0.05, 0) is 64.4 Å². The maximum Gasteiger partial charge on any atom is 0.0399 e. The maximum absolute atomic E-state index is 3.63. The highest BCUT2D eigenvalue weighted by Crippen LogP contribution is 2.28. The molecule has 0 aliphatic carbocycles. The van der Waals surface area contributed by atoms with Crippen molar-refractivity contribution in [3.8, 4) is 0 Å². The summed E-state index contributed by atoms with van der Waals surface area (Å²) in [5.74, 6) is 0. The van der Waals surface area contributed by atoms with Crippen molar-refractivity contribution in [2.24, 2.45) is 0 Å². The molecule has 1 unspecified atom stereocenters. The Morgan fingerprint density at radius 2 is 2.11 bits per heavy atom. The number of aryl methyl sites for hydroxylation is 1. The molecule has 1 atom stereocenters. The largest absolute Gasteiger partial charge is 0.367 e. The molecule has 1 heterocycles.